The average Bonchev–Trinajstić information content (AvgIpc) is 2.26. The quantitative estimate of drug-likeness (QED) is 0.786. The largest absolute Gasteiger partial charge is 0.392 e. The molecule has 0 bridgehead atoms. The molecule has 0 aliphatic rings. The molecule has 4 nitrogen and oxygen atoms in total. The molecule has 1 atom stereocenters. The first-order valence-electron chi connectivity index (χ1n) is 5.81. The predicted molar refractivity (Wildman–Crippen MR) is 72.7 cm³/mol. The van der Waals surface area contributed by atoms with Gasteiger partial charge < -0.3 is 15.7 Å². The molecule has 100 valence electrons. The van der Waals surface area contributed by atoms with Crippen molar-refractivity contribution in [2.45, 2.75) is 32.4 Å². The van der Waals surface area contributed by atoms with Gasteiger partial charge in [-0.3, -0.25) is 0 Å². The van der Waals surface area contributed by atoms with E-state index in [1.807, 2.05) is 32.0 Å². The Labute approximate surface area is 112 Å². The van der Waals surface area contributed by atoms with E-state index in [0.29, 0.717) is 5.02 Å². The third kappa shape index (κ3) is 4.55. The highest BCUT2D eigenvalue weighted by molar-refractivity contribution is 6.30. The van der Waals surface area contributed by atoms with Crippen molar-refractivity contribution in [1.82, 2.24) is 10.6 Å². The Hall–Kier alpha value is -1.26. The summed E-state index contributed by atoms with van der Waals surface area (Å²) in [7, 11) is 0. The van der Waals surface area contributed by atoms with Crippen molar-refractivity contribution in [3.8, 4) is 0 Å². The molecule has 0 saturated carbocycles. The number of amides is 2. The molecule has 18 heavy (non-hydrogen) atoms. The van der Waals surface area contributed by atoms with Gasteiger partial charge in [-0.2, -0.15) is 0 Å². The van der Waals surface area contributed by atoms with Crippen molar-refractivity contribution in [2.24, 2.45) is 0 Å². The molecule has 1 rings (SSSR count). The zero-order chi connectivity index (χ0) is 13.8. The maximum Gasteiger partial charge on any atom is 0.315 e. The zero-order valence-electron chi connectivity index (χ0n) is 10.8. The molecule has 2 amide bonds. The number of halogens is 1. The smallest absolute Gasteiger partial charge is 0.315 e. The molecular formula is C13H19ClN2O2. The van der Waals surface area contributed by atoms with Gasteiger partial charge in [-0.25, -0.2) is 4.79 Å². The number of rotatable bonds is 4. The van der Waals surface area contributed by atoms with Crippen LogP contribution in [0, 0.1) is 0 Å². The van der Waals surface area contributed by atoms with Gasteiger partial charge in [0.1, 0.15) is 0 Å². The first-order chi connectivity index (χ1) is 8.31. The number of carbonyl (C=O) groups excluding carboxylic acids is 1. The van der Waals surface area contributed by atoms with Crippen LogP contribution < -0.4 is 10.6 Å². The highest BCUT2D eigenvalue weighted by Crippen LogP contribution is 2.22. The zero-order valence-corrected chi connectivity index (χ0v) is 11.6. The van der Waals surface area contributed by atoms with Crippen LogP contribution in [0.2, 0.25) is 5.02 Å². The lowest BCUT2D eigenvalue weighted by atomic mass is 9.94. The standard InChI is InChI=1S/C13H19ClN2O2/c1-9(17)8-15-12(18)16-13(2,3)10-5-4-6-11(14)7-10/h4-7,9,17H,8H2,1-3H3,(H2,15,16,18). The SMILES string of the molecule is CC(O)CNC(=O)NC(C)(C)c1cccc(Cl)c1. The summed E-state index contributed by atoms with van der Waals surface area (Å²) in [6.07, 6.45) is -0.565. The maximum absolute atomic E-state index is 11.7. The molecule has 0 fully saturated rings. The van der Waals surface area contributed by atoms with Crippen molar-refractivity contribution in [2.75, 3.05) is 6.54 Å². The van der Waals surface area contributed by atoms with Gasteiger partial charge in [0, 0.05) is 11.6 Å². The topological polar surface area (TPSA) is 61.4 Å². The molecular weight excluding hydrogens is 252 g/mol. The predicted octanol–water partition coefficient (Wildman–Crippen LogP) is 2.26. The van der Waals surface area contributed by atoms with Crippen molar-refractivity contribution in [3.63, 3.8) is 0 Å². The van der Waals surface area contributed by atoms with Gasteiger partial charge >= 0.3 is 6.03 Å². The number of hydrogen-bond acceptors (Lipinski definition) is 2. The first-order valence-corrected chi connectivity index (χ1v) is 6.19. The van der Waals surface area contributed by atoms with Crippen molar-refractivity contribution in [3.05, 3.63) is 34.9 Å². The van der Waals surface area contributed by atoms with E-state index in [9.17, 15) is 4.79 Å². The molecule has 0 heterocycles. The van der Waals surface area contributed by atoms with E-state index in [0.717, 1.165) is 5.56 Å². The van der Waals surface area contributed by atoms with E-state index in [1.165, 1.54) is 0 Å². The van der Waals surface area contributed by atoms with Gasteiger partial charge in [0.2, 0.25) is 0 Å². The Morgan fingerprint density at radius 3 is 2.72 bits per heavy atom. The lowest BCUT2D eigenvalue weighted by molar-refractivity contribution is 0.185. The number of benzene rings is 1. The minimum atomic E-state index is -0.565. The van der Waals surface area contributed by atoms with E-state index < -0.39 is 11.6 Å². The minimum absolute atomic E-state index is 0.220. The molecule has 0 spiro atoms. The summed E-state index contributed by atoms with van der Waals surface area (Å²) < 4.78 is 0. The average molecular weight is 271 g/mol. The van der Waals surface area contributed by atoms with Crippen LogP contribution in [0.3, 0.4) is 0 Å². The number of carbonyl (C=O) groups is 1. The van der Waals surface area contributed by atoms with Crippen molar-refractivity contribution in [1.29, 1.82) is 0 Å². The van der Waals surface area contributed by atoms with E-state index in [2.05, 4.69) is 10.6 Å². The Bertz CT molecular complexity index is 419. The van der Waals surface area contributed by atoms with Crippen LogP contribution in [-0.2, 0) is 5.54 Å². The normalized spacial score (nSPS) is 12.9. The number of urea groups is 1. The lowest BCUT2D eigenvalue weighted by Crippen LogP contribution is -2.47. The second-order valence-corrected chi connectivity index (χ2v) is 5.26. The fraction of sp³-hybridized carbons (Fsp3) is 0.462. The monoisotopic (exact) mass is 270 g/mol. The number of nitrogens with one attached hydrogen (secondary N) is 2. The summed E-state index contributed by atoms with van der Waals surface area (Å²) in [6, 6.07) is 7.03. The van der Waals surface area contributed by atoms with E-state index >= 15 is 0 Å². The maximum atomic E-state index is 11.7. The second kappa shape index (κ2) is 6.07. The van der Waals surface area contributed by atoms with Crippen LogP contribution in [0.4, 0.5) is 4.79 Å². The second-order valence-electron chi connectivity index (χ2n) is 4.82. The van der Waals surface area contributed by atoms with Crippen molar-refractivity contribution >= 4 is 17.6 Å². The molecule has 0 radical (unpaired) electrons. The Morgan fingerprint density at radius 2 is 2.17 bits per heavy atom. The van der Waals surface area contributed by atoms with Gasteiger partial charge in [0.25, 0.3) is 0 Å². The van der Waals surface area contributed by atoms with E-state index in [-0.39, 0.29) is 12.6 Å². The first kappa shape index (κ1) is 14.8. The lowest BCUT2D eigenvalue weighted by Gasteiger charge is -2.27. The molecule has 1 aromatic carbocycles. The van der Waals surface area contributed by atoms with Gasteiger partial charge in [-0.1, -0.05) is 23.7 Å². The van der Waals surface area contributed by atoms with Crippen LogP contribution in [0.1, 0.15) is 26.3 Å². The number of aliphatic hydroxyl groups is 1. The van der Waals surface area contributed by atoms with Crippen LogP contribution >= 0.6 is 11.6 Å². The summed E-state index contributed by atoms with van der Waals surface area (Å²) in [5.41, 5.74) is 0.385. The molecule has 0 aliphatic heterocycles. The van der Waals surface area contributed by atoms with Crippen LogP contribution in [0.25, 0.3) is 0 Å². The Kier molecular flexibility index (Phi) is 4.99. The minimum Gasteiger partial charge on any atom is -0.392 e. The van der Waals surface area contributed by atoms with E-state index in [1.54, 1.807) is 13.0 Å². The fourth-order valence-corrected chi connectivity index (χ4v) is 1.71. The molecule has 5 heteroatoms. The van der Waals surface area contributed by atoms with Gasteiger partial charge in [-0.05, 0) is 38.5 Å². The third-order valence-electron chi connectivity index (χ3n) is 2.53. The van der Waals surface area contributed by atoms with Gasteiger partial charge in [-0.15, -0.1) is 0 Å². The summed E-state index contributed by atoms with van der Waals surface area (Å²) in [6.45, 7) is 5.61. The molecule has 0 aliphatic carbocycles. The van der Waals surface area contributed by atoms with Crippen LogP contribution in [0.5, 0.6) is 0 Å². The summed E-state index contributed by atoms with van der Waals surface area (Å²) in [4.78, 5) is 11.7. The van der Waals surface area contributed by atoms with Gasteiger partial charge in [0.15, 0.2) is 0 Å². The van der Waals surface area contributed by atoms with Crippen molar-refractivity contribution < 1.29 is 9.90 Å². The molecule has 0 saturated heterocycles. The van der Waals surface area contributed by atoms with E-state index in [4.69, 9.17) is 16.7 Å². The highest BCUT2D eigenvalue weighted by atomic mass is 35.5. The number of aliphatic hydroxyl groups excluding tert-OH is 1. The molecule has 1 unspecified atom stereocenters. The summed E-state index contributed by atoms with van der Waals surface area (Å²) in [5.74, 6) is 0. The Morgan fingerprint density at radius 1 is 1.50 bits per heavy atom. The van der Waals surface area contributed by atoms with Crippen LogP contribution in [-0.4, -0.2) is 23.8 Å². The number of hydrogen-bond donors (Lipinski definition) is 3. The fourth-order valence-electron chi connectivity index (χ4n) is 1.52. The molecule has 3 N–H and O–H groups in total. The Balaban J connectivity index is 2.67. The third-order valence-corrected chi connectivity index (χ3v) is 2.77. The molecule has 0 aromatic heterocycles. The summed E-state index contributed by atoms with van der Waals surface area (Å²) in [5, 5.41) is 15.1. The summed E-state index contributed by atoms with van der Waals surface area (Å²) >= 11 is 5.93. The molecule has 1 aromatic rings. The van der Waals surface area contributed by atoms with Crippen LogP contribution in [0.15, 0.2) is 24.3 Å². The van der Waals surface area contributed by atoms with Gasteiger partial charge in [0.05, 0.1) is 11.6 Å². The highest BCUT2D eigenvalue weighted by Gasteiger charge is 2.22.